The molecule has 0 spiro atoms. The van der Waals surface area contributed by atoms with Crippen molar-refractivity contribution in [2.75, 3.05) is 13.2 Å². The molecule has 0 unspecified atom stereocenters. The number of carbonyl (C=O) groups is 1. The second-order valence-electron chi connectivity index (χ2n) is 12.5. The number of nitrogens with zero attached hydrogens (tertiary/aromatic N) is 2. The van der Waals surface area contributed by atoms with Gasteiger partial charge in [0, 0.05) is 18.4 Å². The van der Waals surface area contributed by atoms with Crippen LogP contribution in [0, 0.1) is 5.92 Å². The molecule has 0 saturated carbocycles. The van der Waals surface area contributed by atoms with Crippen LogP contribution in [0.2, 0.25) is 0 Å². The maximum absolute atomic E-state index is 14.5. The smallest absolute Gasteiger partial charge is 0.309 e. The number of fused-ring (bicyclic) bond motifs is 2. The summed E-state index contributed by atoms with van der Waals surface area (Å²) in [5.41, 5.74) is 5.57. The molecule has 0 bridgehead atoms. The Morgan fingerprint density at radius 2 is 1.73 bits per heavy atom. The summed E-state index contributed by atoms with van der Waals surface area (Å²) in [4.78, 5) is 15.3. The minimum Gasteiger partial charge on any atom is -0.466 e. The van der Waals surface area contributed by atoms with Crippen molar-refractivity contribution in [3.8, 4) is 0 Å². The Morgan fingerprint density at radius 1 is 1.00 bits per heavy atom. The molecule has 0 radical (unpaired) electrons. The predicted molar refractivity (Wildman–Crippen MR) is 177 cm³/mol. The van der Waals surface area contributed by atoms with Crippen LogP contribution >= 0.6 is 0 Å². The van der Waals surface area contributed by atoms with Crippen LogP contribution in [0.5, 0.6) is 0 Å². The number of carbonyl (C=O) groups excluding carboxylic acids is 1. The topological polar surface area (TPSA) is 88.8 Å². The van der Waals surface area contributed by atoms with Crippen molar-refractivity contribution in [3.05, 3.63) is 113 Å². The molecule has 4 atom stereocenters. The Kier molecular flexibility index (Phi) is 8.74. The van der Waals surface area contributed by atoms with Crippen molar-refractivity contribution < 1.29 is 23.1 Å². The normalized spacial score (nSPS) is 22.0. The van der Waals surface area contributed by atoms with Crippen molar-refractivity contribution in [1.82, 2.24) is 8.87 Å². The lowest BCUT2D eigenvalue weighted by Crippen LogP contribution is -2.44. The molecule has 45 heavy (non-hydrogen) atoms. The van der Waals surface area contributed by atoms with Crippen LogP contribution in [-0.4, -0.2) is 47.6 Å². The first-order valence-corrected chi connectivity index (χ1v) is 17.4. The fraction of sp³-hybridized carbons (Fsp3) is 0.378. The fourth-order valence-corrected chi connectivity index (χ4v) is 8.92. The molecule has 2 heterocycles. The van der Waals surface area contributed by atoms with Gasteiger partial charge in [0.1, 0.15) is 0 Å². The monoisotopic (exact) mass is 626 g/mol. The van der Waals surface area contributed by atoms with E-state index in [1.54, 1.807) is 37.3 Å². The van der Waals surface area contributed by atoms with Crippen LogP contribution in [0.1, 0.15) is 80.9 Å². The number of esters is 1. The van der Waals surface area contributed by atoms with Crippen LogP contribution < -0.4 is 0 Å². The summed E-state index contributed by atoms with van der Waals surface area (Å²) in [5, 5.41) is 12.6. The SMILES string of the molecule is CCOC(=O)CC1=C[C@@H](c2cc3ccccc3n2S(=O)(=O)c2ccccc2)N([C@H]2c3c(cccc3C(C)C)C[C@H]2O)C[C@H]1CC. The van der Waals surface area contributed by atoms with Crippen LogP contribution in [0.15, 0.2) is 95.4 Å². The molecule has 236 valence electrons. The molecule has 4 aromatic rings. The highest BCUT2D eigenvalue weighted by Crippen LogP contribution is 2.48. The molecule has 0 saturated heterocycles. The average molecular weight is 627 g/mol. The summed E-state index contributed by atoms with van der Waals surface area (Å²) in [5.74, 6) is -0.00495. The Morgan fingerprint density at radius 3 is 2.44 bits per heavy atom. The van der Waals surface area contributed by atoms with Gasteiger partial charge in [-0.3, -0.25) is 9.69 Å². The van der Waals surface area contributed by atoms with Crippen LogP contribution in [0.25, 0.3) is 10.9 Å². The van der Waals surface area contributed by atoms with Gasteiger partial charge in [-0.1, -0.05) is 87.0 Å². The molecule has 0 amide bonds. The zero-order chi connectivity index (χ0) is 31.9. The molecule has 1 N–H and O–H groups in total. The lowest BCUT2D eigenvalue weighted by Gasteiger charge is -2.44. The van der Waals surface area contributed by atoms with Crippen LogP contribution in [0.4, 0.5) is 0 Å². The van der Waals surface area contributed by atoms with E-state index in [2.05, 4.69) is 49.9 Å². The lowest BCUT2D eigenvalue weighted by molar-refractivity contribution is -0.142. The number of aromatic nitrogens is 1. The van der Waals surface area contributed by atoms with Gasteiger partial charge in [0.05, 0.1) is 47.3 Å². The number of para-hydroxylation sites is 1. The molecule has 1 aliphatic carbocycles. The van der Waals surface area contributed by atoms with E-state index in [1.165, 1.54) is 9.54 Å². The number of aliphatic hydroxyl groups excluding tert-OH is 1. The number of rotatable bonds is 9. The van der Waals surface area contributed by atoms with E-state index < -0.39 is 22.2 Å². The van der Waals surface area contributed by atoms with Crippen LogP contribution in [-0.2, 0) is 26.0 Å². The Labute approximate surface area is 266 Å². The molecule has 1 aromatic heterocycles. The predicted octanol–water partition coefficient (Wildman–Crippen LogP) is 6.92. The van der Waals surface area contributed by atoms with Crippen LogP contribution in [0.3, 0.4) is 0 Å². The Balaban J connectivity index is 1.61. The summed E-state index contributed by atoms with van der Waals surface area (Å²) in [6, 6.07) is 23.4. The summed E-state index contributed by atoms with van der Waals surface area (Å²) in [7, 11) is -4.01. The molecule has 3 aromatic carbocycles. The number of hydrogen-bond donors (Lipinski definition) is 1. The second-order valence-corrected chi connectivity index (χ2v) is 14.3. The van der Waals surface area contributed by atoms with E-state index in [0.29, 0.717) is 30.8 Å². The van der Waals surface area contributed by atoms with Gasteiger partial charge in [0.2, 0.25) is 0 Å². The number of aliphatic hydroxyl groups is 1. The highest BCUT2D eigenvalue weighted by atomic mass is 32.2. The third kappa shape index (κ3) is 5.64. The largest absolute Gasteiger partial charge is 0.466 e. The van der Waals surface area contributed by atoms with Gasteiger partial charge in [0.15, 0.2) is 0 Å². The molecule has 6 rings (SSSR count). The zero-order valence-corrected chi connectivity index (χ0v) is 27.2. The molecular weight excluding hydrogens is 584 g/mol. The lowest BCUT2D eigenvalue weighted by atomic mass is 9.84. The number of hydrogen-bond acceptors (Lipinski definition) is 6. The van der Waals surface area contributed by atoms with E-state index in [1.807, 2.05) is 30.3 Å². The summed E-state index contributed by atoms with van der Waals surface area (Å²) >= 11 is 0. The quantitative estimate of drug-likeness (QED) is 0.160. The second kappa shape index (κ2) is 12.6. The van der Waals surface area contributed by atoms with Gasteiger partial charge >= 0.3 is 5.97 Å². The van der Waals surface area contributed by atoms with Crippen molar-refractivity contribution in [2.45, 2.75) is 76.0 Å². The first kappa shape index (κ1) is 31.3. The third-order valence-corrected chi connectivity index (χ3v) is 11.2. The van der Waals surface area contributed by atoms with Gasteiger partial charge in [-0.2, -0.15) is 0 Å². The van der Waals surface area contributed by atoms with Gasteiger partial charge in [-0.15, -0.1) is 0 Å². The molecule has 1 aliphatic heterocycles. The number of ether oxygens (including phenoxy) is 1. The summed E-state index contributed by atoms with van der Waals surface area (Å²) < 4.78 is 35.8. The minimum atomic E-state index is -4.01. The third-order valence-electron chi connectivity index (χ3n) is 9.41. The molecule has 2 aliphatic rings. The summed E-state index contributed by atoms with van der Waals surface area (Å²) in [6.07, 6.45) is 2.88. The van der Waals surface area contributed by atoms with E-state index in [4.69, 9.17) is 4.74 Å². The maximum Gasteiger partial charge on any atom is 0.309 e. The number of benzene rings is 3. The van der Waals surface area contributed by atoms with Gasteiger partial charge in [0.25, 0.3) is 10.0 Å². The molecule has 7 nitrogen and oxygen atoms in total. The first-order chi connectivity index (χ1) is 21.6. The minimum absolute atomic E-state index is 0.0386. The van der Waals surface area contributed by atoms with E-state index in [-0.39, 0.29) is 35.2 Å². The Hall–Kier alpha value is -3.72. The highest BCUT2D eigenvalue weighted by molar-refractivity contribution is 7.90. The highest BCUT2D eigenvalue weighted by Gasteiger charge is 2.44. The van der Waals surface area contributed by atoms with E-state index in [9.17, 15) is 18.3 Å². The Bertz CT molecular complexity index is 1840. The maximum atomic E-state index is 14.5. The van der Waals surface area contributed by atoms with Gasteiger partial charge in [-0.25, -0.2) is 12.4 Å². The van der Waals surface area contributed by atoms with Gasteiger partial charge < -0.3 is 9.84 Å². The fourth-order valence-electron chi connectivity index (χ4n) is 7.35. The molecule has 8 heteroatoms. The van der Waals surface area contributed by atoms with E-state index in [0.717, 1.165) is 28.5 Å². The molecule has 0 fully saturated rings. The molecular formula is C37H42N2O5S. The van der Waals surface area contributed by atoms with Crippen molar-refractivity contribution in [1.29, 1.82) is 0 Å². The summed E-state index contributed by atoms with van der Waals surface area (Å²) in [6.45, 7) is 9.10. The van der Waals surface area contributed by atoms with Gasteiger partial charge in [-0.05, 0) is 66.1 Å². The van der Waals surface area contributed by atoms with Crippen molar-refractivity contribution in [2.24, 2.45) is 5.92 Å². The first-order valence-electron chi connectivity index (χ1n) is 16.0. The standard InChI is InChI=1S/C37H42N2O5S/c1-5-25-23-38(37-34(40)21-27-14-12-17-30(24(3)4)36(27)37)32(20-28(25)22-35(41)44-6-2)33-19-26-13-10-11-18-31(26)39(33)45(42,43)29-15-8-7-9-16-29/h7-20,24-25,32,34,37,40H,5-6,21-23H2,1-4H3/t25-,32+,34-,37-/m1/s1. The van der Waals surface area contributed by atoms with Crippen molar-refractivity contribution in [3.63, 3.8) is 0 Å². The average Bonchev–Trinajstić information content (AvgIpc) is 3.59. The van der Waals surface area contributed by atoms with E-state index >= 15 is 0 Å². The van der Waals surface area contributed by atoms with Crippen molar-refractivity contribution >= 4 is 26.9 Å². The zero-order valence-electron chi connectivity index (χ0n) is 26.4.